The summed E-state index contributed by atoms with van der Waals surface area (Å²) >= 11 is 0. The van der Waals surface area contributed by atoms with E-state index in [2.05, 4.69) is 15.3 Å². The molecule has 8 heteroatoms. The summed E-state index contributed by atoms with van der Waals surface area (Å²) in [6.07, 6.45) is 2.15. The topological polar surface area (TPSA) is 86.3 Å². The first-order valence-corrected chi connectivity index (χ1v) is 10.1. The Kier molecular flexibility index (Phi) is 7.21. The molecule has 1 aromatic carbocycles. The van der Waals surface area contributed by atoms with Crippen LogP contribution in [0.3, 0.4) is 0 Å². The first-order chi connectivity index (χ1) is 14.5. The third-order valence-corrected chi connectivity index (χ3v) is 5.04. The number of hydrogen-bond acceptors (Lipinski definition) is 6. The number of carbonyl (C=O) groups excluding carboxylic acids is 1. The lowest BCUT2D eigenvalue weighted by Crippen LogP contribution is -2.30. The molecule has 0 fully saturated rings. The van der Waals surface area contributed by atoms with Crippen LogP contribution in [-0.2, 0) is 30.6 Å². The molecule has 8 nitrogen and oxygen atoms in total. The third-order valence-electron chi connectivity index (χ3n) is 5.04. The van der Waals surface area contributed by atoms with Crippen molar-refractivity contribution in [1.82, 2.24) is 24.9 Å². The number of methoxy groups -OCH3 is 1. The normalized spacial score (nSPS) is 10.9. The van der Waals surface area contributed by atoms with Gasteiger partial charge >= 0.3 is 0 Å². The molecule has 0 saturated heterocycles. The van der Waals surface area contributed by atoms with E-state index in [1.165, 1.54) is 0 Å². The van der Waals surface area contributed by atoms with E-state index in [1.807, 2.05) is 48.9 Å². The van der Waals surface area contributed by atoms with Gasteiger partial charge in [0, 0.05) is 38.5 Å². The molecule has 0 unspecified atom stereocenters. The maximum atomic E-state index is 12.4. The maximum Gasteiger partial charge on any atom is 0.222 e. The van der Waals surface area contributed by atoms with E-state index in [4.69, 9.17) is 9.15 Å². The van der Waals surface area contributed by atoms with Crippen molar-refractivity contribution in [2.45, 2.75) is 46.1 Å². The third kappa shape index (κ3) is 5.68. The second-order valence-corrected chi connectivity index (χ2v) is 7.37. The molecule has 160 valence electrons. The van der Waals surface area contributed by atoms with Gasteiger partial charge < -0.3 is 14.1 Å². The first kappa shape index (κ1) is 21.5. The predicted octanol–water partition coefficient (Wildman–Crippen LogP) is 2.77. The molecule has 2 heterocycles. The van der Waals surface area contributed by atoms with Gasteiger partial charge in [0.1, 0.15) is 5.75 Å². The Morgan fingerprint density at radius 3 is 2.57 bits per heavy atom. The van der Waals surface area contributed by atoms with Gasteiger partial charge in [-0.3, -0.25) is 9.48 Å². The first-order valence-electron chi connectivity index (χ1n) is 10.1. The largest absolute Gasteiger partial charge is 0.496 e. The predicted molar refractivity (Wildman–Crippen MR) is 112 cm³/mol. The molecular formula is C22H29N5O3. The Hall–Kier alpha value is -3.16. The Bertz CT molecular complexity index is 979. The quantitative estimate of drug-likeness (QED) is 0.510. The van der Waals surface area contributed by atoms with E-state index >= 15 is 0 Å². The summed E-state index contributed by atoms with van der Waals surface area (Å²) in [5, 5.41) is 12.6. The smallest absolute Gasteiger partial charge is 0.222 e. The van der Waals surface area contributed by atoms with E-state index in [0.717, 1.165) is 29.1 Å². The van der Waals surface area contributed by atoms with Crippen LogP contribution in [-0.4, -0.2) is 51.5 Å². The summed E-state index contributed by atoms with van der Waals surface area (Å²) in [5.41, 5.74) is 3.18. The van der Waals surface area contributed by atoms with Gasteiger partial charge in [-0.05, 0) is 38.0 Å². The number of aromatic nitrogens is 4. The fourth-order valence-electron chi connectivity index (χ4n) is 3.32. The zero-order valence-electron chi connectivity index (χ0n) is 18.1. The fraction of sp³-hybridized carbons (Fsp3) is 0.455. The van der Waals surface area contributed by atoms with Gasteiger partial charge in [0.25, 0.3) is 0 Å². The van der Waals surface area contributed by atoms with Gasteiger partial charge in [-0.15, -0.1) is 10.2 Å². The summed E-state index contributed by atoms with van der Waals surface area (Å²) in [7, 11) is 3.47. The number of benzene rings is 1. The van der Waals surface area contributed by atoms with Crippen molar-refractivity contribution >= 4 is 5.91 Å². The van der Waals surface area contributed by atoms with Crippen LogP contribution in [0.2, 0.25) is 0 Å². The van der Waals surface area contributed by atoms with Gasteiger partial charge in [0.15, 0.2) is 0 Å². The molecule has 2 aromatic heterocycles. The van der Waals surface area contributed by atoms with Crippen LogP contribution in [0.5, 0.6) is 5.75 Å². The summed E-state index contributed by atoms with van der Waals surface area (Å²) in [5.74, 6) is 1.96. The number of amides is 1. The van der Waals surface area contributed by atoms with Crippen molar-refractivity contribution in [3.63, 3.8) is 0 Å². The summed E-state index contributed by atoms with van der Waals surface area (Å²) < 4.78 is 13.0. The second-order valence-electron chi connectivity index (χ2n) is 7.37. The highest BCUT2D eigenvalue weighted by Gasteiger charge is 2.13. The Balaban J connectivity index is 1.44. The van der Waals surface area contributed by atoms with E-state index in [0.29, 0.717) is 44.1 Å². The minimum absolute atomic E-state index is 0.0466. The summed E-state index contributed by atoms with van der Waals surface area (Å²) in [6.45, 7) is 5.26. The maximum absolute atomic E-state index is 12.4. The van der Waals surface area contributed by atoms with Crippen LogP contribution >= 0.6 is 0 Å². The van der Waals surface area contributed by atoms with Crippen molar-refractivity contribution in [2.24, 2.45) is 0 Å². The molecule has 0 saturated carbocycles. The summed E-state index contributed by atoms with van der Waals surface area (Å²) in [6, 6.07) is 9.91. The number of para-hydroxylation sites is 1. The van der Waals surface area contributed by atoms with Crippen LogP contribution in [0.1, 0.15) is 35.2 Å². The molecule has 0 aliphatic rings. The van der Waals surface area contributed by atoms with Crippen LogP contribution in [0.25, 0.3) is 0 Å². The molecule has 3 aromatic rings. The summed E-state index contributed by atoms with van der Waals surface area (Å²) in [4.78, 5) is 14.1. The molecule has 0 bridgehead atoms. The molecule has 0 radical (unpaired) electrons. The van der Waals surface area contributed by atoms with E-state index in [1.54, 1.807) is 19.1 Å². The minimum Gasteiger partial charge on any atom is -0.496 e. The molecule has 0 aliphatic heterocycles. The molecule has 3 rings (SSSR count). The second kappa shape index (κ2) is 10.0. The van der Waals surface area contributed by atoms with Gasteiger partial charge in [0.05, 0.1) is 19.3 Å². The van der Waals surface area contributed by atoms with Crippen LogP contribution in [0.15, 0.2) is 34.7 Å². The van der Waals surface area contributed by atoms with Crippen molar-refractivity contribution in [2.75, 3.05) is 20.7 Å². The van der Waals surface area contributed by atoms with Crippen LogP contribution in [0, 0.1) is 13.8 Å². The average Bonchev–Trinajstić information content (AvgIpc) is 3.33. The molecule has 30 heavy (non-hydrogen) atoms. The number of nitrogens with zero attached hydrogens (tertiary/aromatic N) is 5. The number of hydrogen-bond donors (Lipinski definition) is 0. The van der Waals surface area contributed by atoms with E-state index in [9.17, 15) is 4.79 Å². The molecule has 0 atom stereocenters. The zero-order chi connectivity index (χ0) is 21.5. The highest BCUT2D eigenvalue weighted by molar-refractivity contribution is 5.75. The number of likely N-dealkylation sites (N-methyl/N-ethyl adjacent to an activating group) is 1. The van der Waals surface area contributed by atoms with Gasteiger partial charge in [-0.2, -0.15) is 5.10 Å². The van der Waals surface area contributed by atoms with E-state index < -0.39 is 0 Å². The number of carbonyl (C=O) groups is 1. The zero-order valence-corrected chi connectivity index (χ0v) is 18.1. The Morgan fingerprint density at radius 1 is 1.13 bits per heavy atom. The lowest BCUT2D eigenvalue weighted by Gasteiger charge is -2.17. The highest BCUT2D eigenvalue weighted by Crippen LogP contribution is 2.19. The van der Waals surface area contributed by atoms with Crippen molar-refractivity contribution < 1.29 is 13.9 Å². The standard InChI is InChI=1S/C22H29N5O3/c1-16-15-17(2)27(25-16)14-13-26(3)22(28)12-11-21-24-23-20(30-21)10-9-18-7-5-6-8-19(18)29-4/h5-8,15H,9-14H2,1-4H3. The SMILES string of the molecule is COc1ccccc1CCc1nnc(CCC(=O)N(C)CCn2nc(C)cc2C)o1. The molecule has 0 N–H and O–H groups in total. The molecule has 0 spiro atoms. The number of aryl methyl sites for hydroxylation is 5. The minimum atomic E-state index is 0.0466. The van der Waals surface area contributed by atoms with Gasteiger partial charge in [-0.25, -0.2) is 0 Å². The van der Waals surface area contributed by atoms with Crippen LogP contribution < -0.4 is 4.74 Å². The van der Waals surface area contributed by atoms with Gasteiger partial charge in [0.2, 0.25) is 17.7 Å². The molecule has 0 aliphatic carbocycles. The Labute approximate surface area is 176 Å². The molecular weight excluding hydrogens is 382 g/mol. The molecule has 1 amide bonds. The highest BCUT2D eigenvalue weighted by atomic mass is 16.5. The number of rotatable bonds is 10. The number of ether oxygens (including phenoxy) is 1. The van der Waals surface area contributed by atoms with Crippen molar-refractivity contribution in [3.05, 3.63) is 59.1 Å². The van der Waals surface area contributed by atoms with Gasteiger partial charge in [-0.1, -0.05) is 18.2 Å². The lowest BCUT2D eigenvalue weighted by atomic mass is 10.1. The Morgan fingerprint density at radius 2 is 1.87 bits per heavy atom. The lowest BCUT2D eigenvalue weighted by molar-refractivity contribution is -0.130. The van der Waals surface area contributed by atoms with E-state index in [-0.39, 0.29) is 5.91 Å². The van der Waals surface area contributed by atoms with Crippen LogP contribution in [0.4, 0.5) is 0 Å². The fourth-order valence-corrected chi connectivity index (χ4v) is 3.32. The monoisotopic (exact) mass is 411 g/mol. The van der Waals surface area contributed by atoms with Crippen molar-refractivity contribution in [3.8, 4) is 5.75 Å². The average molecular weight is 412 g/mol. The van der Waals surface area contributed by atoms with Crippen molar-refractivity contribution in [1.29, 1.82) is 0 Å².